The molecule has 0 saturated carbocycles. The molecule has 0 spiro atoms. The van der Waals surface area contributed by atoms with E-state index in [0.717, 1.165) is 19.4 Å². The number of halogens is 1. The maximum absolute atomic E-state index is 12.2. The molecule has 0 bridgehead atoms. The molecule has 116 valence electrons. The molecule has 21 heavy (non-hydrogen) atoms. The lowest BCUT2D eigenvalue weighted by molar-refractivity contribution is 0.192. The Hall–Kier alpha value is -1.07. The molecule has 0 aromatic carbocycles. The smallest absolute Gasteiger partial charge is 0.287 e. The van der Waals surface area contributed by atoms with Crippen LogP contribution in [0.15, 0.2) is 11.0 Å². The minimum Gasteiger partial charge on any atom is -0.378 e. The van der Waals surface area contributed by atoms with Crippen molar-refractivity contribution in [2.45, 2.75) is 57.7 Å². The van der Waals surface area contributed by atoms with Gasteiger partial charge in [0.1, 0.15) is 5.02 Å². The summed E-state index contributed by atoms with van der Waals surface area (Å²) in [4.78, 5) is 14.7. The summed E-state index contributed by atoms with van der Waals surface area (Å²) in [5.74, 6) is 0. The molecule has 6 heteroatoms. The number of aromatic nitrogens is 2. The second-order valence-electron chi connectivity index (χ2n) is 6.04. The van der Waals surface area contributed by atoms with E-state index in [1.54, 1.807) is 6.20 Å². The van der Waals surface area contributed by atoms with Gasteiger partial charge in [-0.25, -0.2) is 4.68 Å². The van der Waals surface area contributed by atoms with Gasteiger partial charge < -0.3 is 5.32 Å². The number of hydrogen-bond donors (Lipinski definition) is 1. The summed E-state index contributed by atoms with van der Waals surface area (Å²) in [5.41, 5.74) is 0.494. The van der Waals surface area contributed by atoms with Gasteiger partial charge in [0.25, 0.3) is 5.56 Å². The van der Waals surface area contributed by atoms with Crippen molar-refractivity contribution in [3.05, 3.63) is 21.6 Å². The van der Waals surface area contributed by atoms with Gasteiger partial charge in [0, 0.05) is 25.2 Å². The Balaban J connectivity index is 1.76. The normalized spacial score (nSPS) is 25.8. The summed E-state index contributed by atoms with van der Waals surface area (Å²) in [6.45, 7) is 4.97. The molecule has 0 radical (unpaired) electrons. The molecule has 5 nitrogen and oxygen atoms in total. The molecule has 2 aliphatic rings. The Labute approximate surface area is 130 Å². The summed E-state index contributed by atoms with van der Waals surface area (Å²) in [6, 6.07) is 0.957. The van der Waals surface area contributed by atoms with Crippen molar-refractivity contribution in [3.63, 3.8) is 0 Å². The molecule has 1 aromatic heterocycles. The lowest BCUT2D eigenvalue weighted by Crippen LogP contribution is -2.42. The van der Waals surface area contributed by atoms with Gasteiger partial charge in [-0.2, -0.15) is 5.10 Å². The third-order valence-corrected chi connectivity index (χ3v) is 4.98. The Morgan fingerprint density at radius 3 is 3.05 bits per heavy atom. The van der Waals surface area contributed by atoms with E-state index in [9.17, 15) is 4.79 Å². The molecule has 3 rings (SSSR count). The van der Waals surface area contributed by atoms with Crippen molar-refractivity contribution in [1.29, 1.82) is 0 Å². The first-order valence-corrected chi connectivity index (χ1v) is 8.34. The zero-order chi connectivity index (χ0) is 14.8. The average Bonchev–Trinajstić information content (AvgIpc) is 2.90. The van der Waals surface area contributed by atoms with Crippen LogP contribution in [0.5, 0.6) is 0 Å². The lowest BCUT2D eigenvalue weighted by atomic mass is 9.99. The van der Waals surface area contributed by atoms with E-state index in [2.05, 4.69) is 15.3 Å². The highest BCUT2D eigenvalue weighted by Crippen LogP contribution is 2.30. The number of piperidine rings is 1. The largest absolute Gasteiger partial charge is 0.378 e. The number of nitrogens with zero attached hydrogens (tertiary/aromatic N) is 3. The van der Waals surface area contributed by atoms with Gasteiger partial charge in [0.2, 0.25) is 0 Å². The van der Waals surface area contributed by atoms with Crippen LogP contribution in [0, 0.1) is 0 Å². The van der Waals surface area contributed by atoms with Gasteiger partial charge in [0.15, 0.2) is 0 Å². The summed E-state index contributed by atoms with van der Waals surface area (Å²) in [6.07, 6.45) is 7.51. The van der Waals surface area contributed by atoms with Crippen molar-refractivity contribution in [2.75, 3.05) is 18.4 Å². The fourth-order valence-electron chi connectivity index (χ4n) is 3.55. The number of anilines is 1. The molecular weight excluding hydrogens is 288 g/mol. The van der Waals surface area contributed by atoms with Gasteiger partial charge in [-0.15, -0.1) is 0 Å². The summed E-state index contributed by atoms with van der Waals surface area (Å²) in [7, 11) is 0. The highest BCUT2D eigenvalue weighted by atomic mass is 35.5. The first-order chi connectivity index (χ1) is 10.2. The van der Waals surface area contributed by atoms with Gasteiger partial charge in [-0.05, 0) is 32.2 Å². The molecule has 0 aliphatic carbocycles. The molecule has 2 atom stereocenters. The quantitative estimate of drug-likeness (QED) is 0.927. The van der Waals surface area contributed by atoms with E-state index in [0.29, 0.717) is 24.3 Å². The van der Waals surface area contributed by atoms with Crippen molar-refractivity contribution in [2.24, 2.45) is 0 Å². The fraction of sp³-hybridized carbons (Fsp3) is 0.733. The number of nitrogens with one attached hydrogen (secondary N) is 1. The minimum absolute atomic E-state index is 0.193. The Morgan fingerprint density at radius 1 is 1.38 bits per heavy atom. The van der Waals surface area contributed by atoms with Gasteiger partial charge >= 0.3 is 0 Å². The molecular formula is C15H23ClN4O. The maximum atomic E-state index is 12.2. The number of hydrogen-bond acceptors (Lipinski definition) is 4. The van der Waals surface area contributed by atoms with Crippen LogP contribution >= 0.6 is 11.6 Å². The van der Waals surface area contributed by atoms with E-state index >= 15 is 0 Å². The lowest BCUT2D eigenvalue weighted by Gasteiger charge is -2.33. The van der Waals surface area contributed by atoms with Crippen LogP contribution in [0.1, 0.15) is 39.0 Å². The predicted molar refractivity (Wildman–Crippen MR) is 85.0 cm³/mol. The topological polar surface area (TPSA) is 50.2 Å². The Kier molecular flexibility index (Phi) is 4.50. The molecule has 2 aliphatic heterocycles. The molecule has 2 saturated heterocycles. The van der Waals surface area contributed by atoms with Crippen molar-refractivity contribution < 1.29 is 0 Å². The third-order valence-electron chi connectivity index (χ3n) is 4.62. The predicted octanol–water partition coefficient (Wildman–Crippen LogP) is 2.35. The standard InChI is InChI=1S/C15H23ClN4O/c1-2-7-20-15(21)14(16)12(10-17-20)18-11-6-9-19-8-4-3-5-13(11)19/h10-11,13,18H,2-9H2,1H3. The Morgan fingerprint density at radius 2 is 2.24 bits per heavy atom. The number of aryl methyl sites for hydroxylation is 1. The number of fused-ring (bicyclic) bond motifs is 1. The molecule has 3 heterocycles. The monoisotopic (exact) mass is 310 g/mol. The average molecular weight is 311 g/mol. The van der Waals surface area contributed by atoms with Crippen molar-refractivity contribution >= 4 is 17.3 Å². The SMILES string of the molecule is CCCn1ncc(NC2CCN3CCCCC23)c(Cl)c1=O. The van der Waals surface area contributed by atoms with Gasteiger partial charge in [0.05, 0.1) is 11.9 Å². The van der Waals surface area contributed by atoms with Crippen LogP contribution in [-0.4, -0.2) is 39.9 Å². The van der Waals surface area contributed by atoms with Crippen LogP contribution in [0.25, 0.3) is 0 Å². The van der Waals surface area contributed by atoms with Crippen molar-refractivity contribution in [3.8, 4) is 0 Å². The molecule has 1 N–H and O–H groups in total. The second kappa shape index (κ2) is 6.36. The fourth-order valence-corrected chi connectivity index (χ4v) is 3.75. The molecule has 2 unspecified atom stereocenters. The summed E-state index contributed by atoms with van der Waals surface area (Å²) >= 11 is 6.24. The van der Waals surface area contributed by atoms with Crippen LogP contribution < -0.4 is 10.9 Å². The summed E-state index contributed by atoms with van der Waals surface area (Å²) < 4.78 is 1.44. The van der Waals surface area contributed by atoms with E-state index < -0.39 is 0 Å². The van der Waals surface area contributed by atoms with Crippen LogP contribution in [0.4, 0.5) is 5.69 Å². The van der Waals surface area contributed by atoms with Gasteiger partial charge in [-0.1, -0.05) is 24.9 Å². The van der Waals surface area contributed by atoms with E-state index in [1.807, 2.05) is 6.92 Å². The maximum Gasteiger partial charge on any atom is 0.287 e. The van der Waals surface area contributed by atoms with Crippen LogP contribution in [0.3, 0.4) is 0 Å². The molecule has 1 aromatic rings. The first-order valence-electron chi connectivity index (χ1n) is 7.97. The first kappa shape index (κ1) is 14.9. The highest BCUT2D eigenvalue weighted by Gasteiger charge is 2.35. The highest BCUT2D eigenvalue weighted by molar-refractivity contribution is 6.32. The van der Waals surface area contributed by atoms with Crippen LogP contribution in [-0.2, 0) is 6.54 Å². The molecule has 2 fully saturated rings. The summed E-state index contributed by atoms with van der Waals surface area (Å²) in [5, 5.41) is 7.96. The van der Waals surface area contributed by atoms with Crippen LogP contribution in [0.2, 0.25) is 5.02 Å². The van der Waals surface area contributed by atoms with E-state index in [-0.39, 0.29) is 10.6 Å². The van der Waals surface area contributed by atoms with Gasteiger partial charge in [-0.3, -0.25) is 9.69 Å². The second-order valence-corrected chi connectivity index (χ2v) is 6.42. The molecule has 0 amide bonds. The zero-order valence-corrected chi connectivity index (χ0v) is 13.3. The zero-order valence-electron chi connectivity index (χ0n) is 12.5. The van der Waals surface area contributed by atoms with E-state index in [4.69, 9.17) is 11.6 Å². The Bertz CT molecular complexity index is 559. The third kappa shape index (κ3) is 2.94. The minimum atomic E-state index is -0.193. The number of rotatable bonds is 4. The van der Waals surface area contributed by atoms with Crippen molar-refractivity contribution in [1.82, 2.24) is 14.7 Å². The van der Waals surface area contributed by atoms with E-state index in [1.165, 1.54) is 30.5 Å².